The Hall–Kier alpha value is -1.89. The highest BCUT2D eigenvalue weighted by molar-refractivity contribution is 5.94. The van der Waals surface area contributed by atoms with Gasteiger partial charge in [-0.1, -0.05) is 6.92 Å². The molecule has 0 unspecified atom stereocenters. The molecule has 1 aromatic heterocycles. The van der Waals surface area contributed by atoms with Crippen LogP contribution in [0.25, 0.3) is 0 Å². The number of carbonyl (C=O) groups excluding carboxylic acids is 1. The standard InChI is InChI=1S/C13H19N3O4/c1-4-13(18)7-14(8-13)12(17)11-5-10(16(19)20)6-15(11)9(2)3/h5-6,9,18H,4,7-8H2,1-3H3. The molecule has 1 aromatic rings. The number of aliphatic hydroxyl groups is 1. The predicted octanol–water partition coefficient (Wildman–Crippen LogP) is 1.57. The summed E-state index contributed by atoms with van der Waals surface area (Å²) in [5, 5.41) is 20.8. The van der Waals surface area contributed by atoms with Crippen LogP contribution >= 0.6 is 0 Å². The van der Waals surface area contributed by atoms with Gasteiger partial charge in [0.1, 0.15) is 5.69 Å². The number of likely N-dealkylation sites (tertiary alicyclic amines) is 1. The second kappa shape index (κ2) is 4.90. The highest BCUT2D eigenvalue weighted by Crippen LogP contribution is 2.28. The van der Waals surface area contributed by atoms with Crippen LogP contribution in [-0.2, 0) is 0 Å². The molecule has 1 amide bonds. The normalized spacial score (nSPS) is 17.1. The fraction of sp³-hybridized carbons (Fsp3) is 0.615. The Kier molecular flexibility index (Phi) is 3.56. The molecule has 0 radical (unpaired) electrons. The van der Waals surface area contributed by atoms with E-state index in [1.165, 1.54) is 17.2 Å². The van der Waals surface area contributed by atoms with Crippen molar-refractivity contribution in [2.24, 2.45) is 0 Å². The van der Waals surface area contributed by atoms with Crippen LogP contribution < -0.4 is 0 Å². The third kappa shape index (κ3) is 2.40. The summed E-state index contributed by atoms with van der Waals surface area (Å²) < 4.78 is 1.60. The summed E-state index contributed by atoms with van der Waals surface area (Å²) in [6.07, 6.45) is 1.96. The fourth-order valence-electron chi connectivity index (χ4n) is 2.36. The Labute approximate surface area is 116 Å². The van der Waals surface area contributed by atoms with Gasteiger partial charge in [0.05, 0.1) is 29.8 Å². The van der Waals surface area contributed by atoms with E-state index in [0.717, 1.165) is 0 Å². The van der Waals surface area contributed by atoms with Crippen molar-refractivity contribution in [1.82, 2.24) is 9.47 Å². The maximum absolute atomic E-state index is 12.4. The number of carbonyl (C=O) groups is 1. The number of aromatic nitrogens is 1. The Bertz CT molecular complexity index is 544. The molecule has 0 atom stereocenters. The minimum Gasteiger partial charge on any atom is -0.386 e. The SMILES string of the molecule is CCC1(O)CN(C(=O)c2cc([N+](=O)[O-])cn2C(C)C)C1. The first kappa shape index (κ1) is 14.5. The zero-order chi connectivity index (χ0) is 15.1. The summed E-state index contributed by atoms with van der Waals surface area (Å²) in [7, 11) is 0. The second-order valence-corrected chi connectivity index (χ2v) is 5.58. The molecule has 20 heavy (non-hydrogen) atoms. The summed E-state index contributed by atoms with van der Waals surface area (Å²) in [4.78, 5) is 24.2. The molecule has 1 aliphatic heterocycles. The van der Waals surface area contributed by atoms with Crippen LogP contribution in [-0.4, -0.2) is 44.1 Å². The van der Waals surface area contributed by atoms with Gasteiger partial charge in [-0.3, -0.25) is 14.9 Å². The van der Waals surface area contributed by atoms with Crippen molar-refractivity contribution in [2.45, 2.75) is 38.8 Å². The van der Waals surface area contributed by atoms with E-state index in [1.54, 1.807) is 4.57 Å². The van der Waals surface area contributed by atoms with Crippen molar-refractivity contribution < 1.29 is 14.8 Å². The van der Waals surface area contributed by atoms with Gasteiger partial charge in [0.2, 0.25) is 0 Å². The van der Waals surface area contributed by atoms with E-state index in [9.17, 15) is 20.0 Å². The number of rotatable bonds is 4. The topological polar surface area (TPSA) is 88.6 Å². The van der Waals surface area contributed by atoms with Crippen LogP contribution in [0.15, 0.2) is 12.3 Å². The molecule has 7 nitrogen and oxygen atoms in total. The number of hydrogen-bond acceptors (Lipinski definition) is 4. The van der Waals surface area contributed by atoms with Gasteiger partial charge in [0.15, 0.2) is 0 Å². The van der Waals surface area contributed by atoms with E-state index in [-0.39, 0.29) is 30.7 Å². The number of nitro groups is 1. The Balaban J connectivity index is 2.24. The van der Waals surface area contributed by atoms with Crippen molar-refractivity contribution in [3.63, 3.8) is 0 Å². The van der Waals surface area contributed by atoms with Gasteiger partial charge < -0.3 is 14.6 Å². The van der Waals surface area contributed by atoms with Gasteiger partial charge in [-0.25, -0.2) is 0 Å². The first-order valence-electron chi connectivity index (χ1n) is 6.65. The molecule has 0 aliphatic carbocycles. The first-order valence-corrected chi connectivity index (χ1v) is 6.65. The minimum absolute atomic E-state index is 0.0472. The lowest BCUT2D eigenvalue weighted by Gasteiger charge is -2.46. The third-order valence-corrected chi connectivity index (χ3v) is 3.74. The maximum Gasteiger partial charge on any atom is 0.287 e. The molecular weight excluding hydrogens is 262 g/mol. The number of nitrogens with zero attached hydrogens (tertiary/aromatic N) is 3. The maximum atomic E-state index is 12.4. The lowest BCUT2D eigenvalue weighted by molar-refractivity contribution is -0.384. The van der Waals surface area contributed by atoms with Gasteiger partial charge in [-0.2, -0.15) is 0 Å². The summed E-state index contributed by atoms with van der Waals surface area (Å²) in [6.45, 7) is 6.14. The Morgan fingerprint density at radius 2 is 2.15 bits per heavy atom. The molecule has 2 rings (SSSR count). The number of hydrogen-bond donors (Lipinski definition) is 1. The summed E-state index contributed by atoms with van der Waals surface area (Å²) in [5.74, 6) is -0.273. The summed E-state index contributed by atoms with van der Waals surface area (Å²) in [6, 6.07) is 1.25. The molecule has 0 saturated carbocycles. The zero-order valence-electron chi connectivity index (χ0n) is 11.9. The lowest BCUT2D eigenvalue weighted by atomic mass is 9.91. The highest BCUT2D eigenvalue weighted by Gasteiger charge is 2.43. The van der Waals surface area contributed by atoms with E-state index < -0.39 is 10.5 Å². The number of amides is 1. The van der Waals surface area contributed by atoms with Crippen LogP contribution in [0, 0.1) is 10.1 Å². The molecule has 1 fully saturated rings. The van der Waals surface area contributed by atoms with Crippen LogP contribution in [0.3, 0.4) is 0 Å². The van der Waals surface area contributed by atoms with Crippen LogP contribution in [0.4, 0.5) is 5.69 Å². The first-order chi connectivity index (χ1) is 9.27. The predicted molar refractivity (Wildman–Crippen MR) is 72.6 cm³/mol. The Morgan fingerprint density at radius 3 is 2.60 bits per heavy atom. The van der Waals surface area contributed by atoms with Crippen LogP contribution in [0.1, 0.15) is 43.7 Å². The van der Waals surface area contributed by atoms with Crippen molar-refractivity contribution in [2.75, 3.05) is 13.1 Å². The molecule has 0 bridgehead atoms. The monoisotopic (exact) mass is 281 g/mol. The van der Waals surface area contributed by atoms with Crippen molar-refractivity contribution >= 4 is 11.6 Å². The highest BCUT2D eigenvalue weighted by atomic mass is 16.6. The lowest BCUT2D eigenvalue weighted by Crippen LogP contribution is -2.63. The molecule has 1 aliphatic rings. The quantitative estimate of drug-likeness (QED) is 0.670. The molecule has 0 spiro atoms. The minimum atomic E-state index is -0.809. The van der Waals surface area contributed by atoms with Crippen molar-refractivity contribution in [3.05, 3.63) is 28.1 Å². The van der Waals surface area contributed by atoms with Gasteiger partial charge >= 0.3 is 0 Å². The van der Waals surface area contributed by atoms with E-state index >= 15 is 0 Å². The average Bonchev–Trinajstić information content (AvgIpc) is 2.79. The molecular formula is C13H19N3O4. The smallest absolute Gasteiger partial charge is 0.287 e. The van der Waals surface area contributed by atoms with Crippen molar-refractivity contribution in [1.29, 1.82) is 0 Å². The van der Waals surface area contributed by atoms with E-state index in [0.29, 0.717) is 12.1 Å². The fourth-order valence-corrected chi connectivity index (χ4v) is 2.36. The third-order valence-electron chi connectivity index (χ3n) is 3.74. The molecule has 7 heteroatoms. The average molecular weight is 281 g/mol. The molecule has 110 valence electrons. The Morgan fingerprint density at radius 1 is 1.55 bits per heavy atom. The van der Waals surface area contributed by atoms with Gasteiger partial charge in [0.25, 0.3) is 11.6 Å². The summed E-state index contributed by atoms with van der Waals surface area (Å²) in [5.41, 5.74) is -0.602. The second-order valence-electron chi connectivity index (χ2n) is 5.58. The van der Waals surface area contributed by atoms with E-state index in [1.807, 2.05) is 20.8 Å². The van der Waals surface area contributed by atoms with E-state index in [2.05, 4.69) is 0 Å². The zero-order valence-corrected chi connectivity index (χ0v) is 11.9. The molecule has 1 saturated heterocycles. The molecule has 0 aromatic carbocycles. The van der Waals surface area contributed by atoms with Crippen LogP contribution in [0.2, 0.25) is 0 Å². The van der Waals surface area contributed by atoms with Crippen molar-refractivity contribution in [3.8, 4) is 0 Å². The van der Waals surface area contributed by atoms with Gasteiger partial charge in [0, 0.05) is 12.1 Å². The van der Waals surface area contributed by atoms with E-state index in [4.69, 9.17) is 0 Å². The largest absolute Gasteiger partial charge is 0.386 e. The van der Waals surface area contributed by atoms with Gasteiger partial charge in [-0.05, 0) is 20.3 Å². The van der Waals surface area contributed by atoms with Crippen LogP contribution in [0.5, 0.6) is 0 Å². The molecule has 2 heterocycles. The summed E-state index contributed by atoms with van der Waals surface area (Å²) >= 11 is 0. The molecule has 1 N–H and O–H groups in total. The number of β-amino-alcohol motifs (C(OH)–C–C–N with tert-alkyl or cyclic N) is 1. The van der Waals surface area contributed by atoms with Gasteiger partial charge in [-0.15, -0.1) is 0 Å².